The first-order valence-corrected chi connectivity index (χ1v) is 9.37. The summed E-state index contributed by atoms with van der Waals surface area (Å²) in [6, 6.07) is 15.7. The predicted octanol–water partition coefficient (Wildman–Crippen LogP) is 3.17. The van der Waals surface area contributed by atoms with Gasteiger partial charge in [0.25, 0.3) is 5.91 Å². The number of amides is 1. The molecule has 2 aromatic carbocycles. The molecule has 0 radical (unpaired) electrons. The third-order valence-corrected chi connectivity index (χ3v) is 4.54. The van der Waals surface area contributed by atoms with E-state index in [1.807, 2.05) is 35.6 Å². The fourth-order valence-electron chi connectivity index (χ4n) is 3.07. The molecule has 4 nitrogen and oxygen atoms in total. The van der Waals surface area contributed by atoms with E-state index in [2.05, 4.69) is 51.2 Å². The van der Waals surface area contributed by atoms with Gasteiger partial charge in [-0.15, -0.1) is 0 Å². The van der Waals surface area contributed by atoms with Gasteiger partial charge in [0.1, 0.15) is 12.6 Å². The fourth-order valence-corrected chi connectivity index (χ4v) is 3.07. The minimum atomic E-state index is -0.571. The molecule has 0 heterocycles. The Bertz CT molecular complexity index is 685. The number of hydrogen-bond donors (Lipinski definition) is 3. The topological polar surface area (TPSA) is 65.9 Å². The molecule has 0 aromatic heterocycles. The molecule has 0 spiro atoms. The number of carbonyl (C=O) groups excluding carboxylic acids is 1. The smallest absolute Gasteiger partial charge is 0.279 e. The molecular weight excluding hydrogens is 324 g/mol. The molecule has 4 N–H and O–H groups in total. The molecule has 2 aromatic rings. The number of rotatable bonds is 8. The minimum absolute atomic E-state index is 0.0414. The number of aliphatic hydroxyl groups excluding tert-OH is 1. The summed E-state index contributed by atoms with van der Waals surface area (Å²) in [7, 11) is 0. The van der Waals surface area contributed by atoms with E-state index in [1.165, 1.54) is 0 Å². The van der Waals surface area contributed by atoms with Gasteiger partial charge in [-0.1, -0.05) is 76.2 Å². The standard InChI is InChI=1S/C22H30N2O2/c1-15(2)18-11-8-12-19(16(3)4)22(18)24-21(26)14-23-13-20(25)17-9-6-5-7-10-17/h5-12,15-16,20,23,25H,13-14H2,1-4H3,(H,24,26)/p+1/t20-/m1/s1. The van der Waals surface area contributed by atoms with E-state index in [9.17, 15) is 9.90 Å². The minimum Gasteiger partial charge on any atom is -0.382 e. The van der Waals surface area contributed by atoms with Crippen LogP contribution in [0.5, 0.6) is 0 Å². The van der Waals surface area contributed by atoms with Crippen molar-refractivity contribution < 1.29 is 15.2 Å². The SMILES string of the molecule is CC(C)c1cccc(C(C)C)c1NC(=O)C[NH2+]C[C@@H](O)c1ccccc1. The Balaban J connectivity index is 1.97. The maximum absolute atomic E-state index is 12.5. The van der Waals surface area contributed by atoms with Crippen LogP contribution in [0, 0.1) is 0 Å². The number of hydrogen-bond acceptors (Lipinski definition) is 2. The Kier molecular flexibility index (Phi) is 7.37. The first-order chi connectivity index (χ1) is 12.4. The first-order valence-electron chi connectivity index (χ1n) is 9.37. The first kappa shape index (κ1) is 20.1. The maximum atomic E-state index is 12.5. The number of nitrogens with two attached hydrogens (primary N) is 1. The summed E-state index contributed by atoms with van der Waals surface area (Å²) >= 11 is 0. The summed E-state index contributed by atoms with van der Waals surface area (Å²) < 4.78 is 0. The lowest BCUT2D eigenvalue weighted by atomic mass is 9.92. The average Bonchev–Trinajstić information content (AvgIpc) is 2.62. The zero-order valence-electron chi connectivity index (χ0n) is 16.2. The van der Waals surface area contributed by atoms with Crippen LogP contribution in [0.2, 0.25) is 0 Å². The molecule has 1 atom stereocenters. The molecule has 26 heavy (non-hydrogen) atoms. The predicted molar refractivity (Wildman–Crippen MR) is 106 cm³/mol. The van der Waals surface area contributed by atoms with Crippen molar-refractivity contribution >= 4 is 11.6 Å². The number of benzene rings is 2. The molecule has 0 saturated heterocycles. The number of aliphatic hydroxyl groups is 1. The average molecular weight is 356 g/mol. The van der Waals surface area contributed by atoms with Crippen molar-refractivity contribution in [3.05, 3.63) is 65.2 Å². The summed E-state index contributed by atoms with van der Waals surface area (Å²) in [6.45, 7) is 9.29. The van der Waals surface area contributed by atoms with E-state index < -0.39 is 6.10 Å². The second-order valence-corrected chi connectivity index (χ2v) is 7.32. The Morgan fingerprint density at radius 3 is 2.08 bits per heavy atom. The van der Waals surface area contributed by atoms with Crippen LogP contribution in [0.25, 0.3) is 0 Å². The van der Waals surface area contributed by atoms with E-state index in [4.69, 9.17) is 0 Å². The zero-order valence-corrected chi connectivity index (χ0v) is 16.2. The lowest BCUT2D eigenvalue weighted by molar-refractivity contribution is -0.651. The van der Waals surface area contributed by atoms with Crippen molar-refractivity contribution in [3.8, 4) is 0 Å². The lowest BCUT2D eigenvalue weighted by Crippen LogP contribution is -2.87. The summed E-state index contributed by atoms with van der Waals surface area (Å²) in [5.74, 6) is 0.640. The summed E-state index contributed by atoms with van der Waals surface area (Å²) in [5.41, 5.74) is 4.14. The zero-order chi connectivity index (χ0) is 19.1. The summed E-state index contributed by atoms with van der Waals surface area (Å²) in [5, 5.41) is 15.1. The van der Waals surface area contributed by atoms with Crippen LogP contribution >= 0.6 is 0 Å². The number of para-hydroxylation sites is 1. The van der Waals surface area contributed by atoms with Gasteiger partial charge in [-0.25, -0.2) is 0 Å². The van der Waals surface area contributed by atoms with E-state index >= 15 is 0 Å². The molecule has 4 heteroatoms. The van der Waals surface area contributed by atoms with Gasteiger partial charge in [0.15, 0.2) is 6.54 Å². The van der Waals surface area contributed by atoms with Gasteiger partial charge < -0.3 is 15.7 Å². The number of anilines is 1. The Hall–Kier alpha value is -2.17. The van der Waals surface area contributed by atoms with Crippen molar-refractivity contribution in [1.82, 2.24) is 0 Å². The van der Waals surface area contributed by atoms with Crippen LogP contribution < -0.4 is 10.6 Å². The van der Waals surface area contributed by atoms with Crippen molar-refractivity contribution in [1.29, 1.82) is 0 Å². The Morgan fingerprint density at radius 2 is 1.54 bits per heavy atom. The van der Waals surface area contributed by atoms with Crippen LogP contribution in [-0.2, 0) is 4.79 Å². The lowest BCUT2D eigenvalue weighted by Gasteiger charge is -2.20. The quantitative estimate of drug-likeness (QED) is 0.681. The monoisotopic (exact) mass is 355 g/mol. The van der Waals surface area contributed by atoms with E-state index in [0.29, 0.717) is 18.4 Å². The van der Waals surface area contributed by atoms with Gasteiger partial charge in [0, 0.05) is 5.69 Å². The number of quaternary nitrogens is 1. The molecule has 0 aliphatic rings. The molecule has 140 valence electrons. The van der Waals surface area contributed by atoms with Crippen molar-refractivity contribution in [2.24, 2.45) is 0 Å². The molecule has 2 rings (SSSR count). The highest BCUT2D eigenvalue weighted by Crippen LogP contribution is 2.32. The Morgan fingerprint density at radius 1 is 0.962 bits per heavy atom. The highest BCUT2D eigenvalue weighted by molar-refractivity contribution is 5.93. The molecule has 0 unspecified atom stereocenters. The third-order valence-electron chi connectivity index (χ3n) is 4.54. The Labute approximate surface area is 156 Å². The van der Waals surface area contributed by atoms with Crippen molar-refractivity contribution in [3.63, 3.8) is 0 Å². The van der Waals surface area contributed by atoms with E-state index in [-0.39, 0.29) is 12.5 Å². The van der Waals surface area contributed by atoms with Gasteiger partial charge in [-0.05, 0) is 28.5 Å². The van der Waals surface area contributed by atoms with Gasteiger partial charge in [0.05, 0.1) is 0 Å². The summed E-state index contributed by atoms with van der Waals surface area (Å²) in [4.78, 5) is 12.5. The van der Waals surface area contributed by atoms with Gasteiger partial charge in [-0.2, -0.15) is 0 Å². The third kappa shape index (κ3) is 5.41. The largest absolute Gasteiger partial charge is 0.382 e. The second kappa shape index (κ2) is 9.51. The molecule has 0 aliphatic heterocycles. The van der Waals surface area contributed by atoms with Crippen LogP contribution in [-0.4, -0.2) is 24.1 Å². The molecule has 0 saturated carbocycles. The van der Waals surface area contributed by atoms with Gasteiger partial charge in [0.2, 0.25) is 0 Å². The normalized spacial score (nSPS) is 12.4. The van der Waals surface area contributed by atoms with Crippen LogP contribution in [0.15, 0.2) is 48.5 Å². The van der Waals surface area contributed by atoms with Gasteiger partial charge in [-0.3, -0.25) is 4.79 Å². The fraction of sp³-hybridized carbons (Fsp3) is 0.409. The highest BCUT2D eigenvalue weighted by Gasteiger charge is 2.17. The summed E-state index contributed by atoms with van der Waals surface area (Å²) in [6.07, 6.45) is -0.571. The molecule has 0 aliphatic carbocycles. The molecular formula is C22H31N2O2+. The molecule has 0 fully saturated rings. The molecule has 1 amide bonds. The van der Waals surface area contributed by atoms with Gasteiger partial charge >= 0.3 is 0 Å². The van der Waals surface area contributed by atoms with Crippen molar-refractivity contribution in [2.75, 3.05) is 18.4 Å². The molecule has 0 bridgehead atoms. The number of nitrogens with one attached hydrogen (secondary N) is 1. The van der Waals surface area contributed by atoms with E-state index in [1.54, 1.807) is 0 Å². The number of carbonyl (C=O) groups is 1. The maximum Gasteiger partial charge on any atom is 0.279 e. The second-order valence-electron chi connectivity index (χ2n) is 7.32. The van der Waals surface area contributed by atoms with Crippen LogP contribution in [0.4, 0.5) is 5.69 Å². The van der Waals surface area contributed by atoms with E-state index in [0.717, 1.165) is 22.4 Å². The van der Waals surface area contributed by atoms with Crippen LogP contribution in [0.1, 0.15) is 62.3 Å². The van der Waals surface area contributed by atoms with Crippen molar-refractivity contribution in [2.45, 2.75) is 45.6 Å². The highest BCUT2D eigenvalue weighted by atomic mass is 16.3. The van der Waals surface area contributed by atoms with Crippen LogP contribution in [0.3, 0.4) is 0 Å².